The highest BCUT2D eigenvalue weighted by Gasteiger charge is 2.05. The quantitative estimate of drug-likeness (QED) is 0.785. The molecule has 1 N–H and O–H groups in total. The van der Waals surface area contributed by atoms with Crippen LogP contribution in [0.3, 0.4) is 0 Å². The number of aromatic nitrogens is 1. The summed E-state index contributed by atoms with van der Waals surface area (Å²) in [6.07, 6.45) is 2.85. The number of nitrogens with zero attached hydrogens (tertiary/aromatic N) is 1. The molecule has 0 amide bonds. The number of carboxylic acid groups (broad SMARTS) is 1. The van der Waals surface area contributed by atoms with E-state index in [1.54, 1.807) is 24.5 Å². The van der Waals surface area contributed by atoms with E-state index in [0.29, 0.717) is 11.5 Å². The number of rotatable bonds is 2. The molecular weight excluding hydrogens is 182 g/mol. The smallest absolute Gasteiger partial charge is 0.337 e. The molecule has 0 saturated heterocycles. The van der Waals surface area contributed by atoms with E-state index in [0.717, 1.165) is 0 Å². The zero-order valence-electron chi connectivity index (χ0n) is 7.18. The Bertz CT molecular complexity index is 431. The molecule has 0 unspecified atom stereocenters. The molecule has 0 aliphatic carbocycles. The molecule has 0 atom stereocenters. The topological polar surface area (TPSA) is 63.3 Å². The van der Waals surface area contributed by atoms with Gasteiger partial charge >= 0.3 is 5.97 Å². The summed E-state index contributed by atoms with van der Waals surface area (Å²) in [7, 11) is 0. The first-order chi connectivity index (χ1) is 6.77. The molecule has 0 aliphatic heterocycles. The molecule has 2 rings (SSSR count). The van der Waals surface area contributed by atoms with Gasteiger partial charge < -0.3 is 9.52 Å². The molecule has 0 spiro atoms. The van der Waals surface area contributed by atoms with Crippen LogP contribution in [0.15, 0.2) is 41.1 Å². The molecule has 0 aliphatic rings. The average Bonchev–Trinajstić information content (AvgIpc) is 2.71. The van der Waals surface area contributed by atoms with Crippen LogP contribution in [0.25, 0.3) is 11.5 Å². The highest BCUT2D eigenvalue weighted by Crippen LogP contribution is 2.16. The van der Waals surface area contributed by atoms with Crippen molar-refractivity contribution in [2.75, 3.05) is 0 Å². The minimum atomic E-state index is -0.983. The summed E-state index contributed by atoms with van der Waals surface area (Å²) in [6.45, 7) is 0. The molecule has 4 heteroatoms. The Morgan fingerprint density at radius 3 is 2.71 bits per heavy atom. The van der Waals surface area contributed by atoms with E-state index in [-0.39, 0.29) is 5.56 Å². The Kier molecular flexibility index (Phi) is 2.02. The zero-order valence-corrected chi connectivity index (χ0v) is 7.18. The van der Waals surface area contributed by atoms with Crippen LogP contribution in [0, 0.1) is 0 Å². The number of furan rings is 1. The lowest BCUT2D eigenvalue weighted by molar-refractivity contribution is 0.0696. The van der Waals surface area contributed by atoms with Crippen LogP contribution in [0.5, 0.6) is 0 Å². The van der Waals surface area contributed by atoms with Crippen molar-refractivity contribution in [2.24, 2.45) is 0 Å². The van der Waals surface area contributed by atoms with Gasteiger partial charge in [-0.2, -0.15) is 0 Å². The summed E-state index contributed by atoms with van der Waals surface area (Å²) >= 11 is 0. The third-order valence-electron chi connectivity index (χ3n) is 1.78. The van der Waals surface area contributed by atoms with Gasteiger partial charge in [-0.15, -0.1) is 0 Å². The minimum absolute atomic E-state index is 0.167. The average molecular weight is 189 g/mol. The van der Waals surface area contributed by atoms with E-state index in [4.69, 9.17) is 9.52 Å². The molecular formula is C10H7NO3. The SMILES string of the molecule is O=C(O)c1ccc(-c2ccco2)nc1. The molecule has 0 radical (unpaired) electrons. The summed E-state index contributed by atoms with van der Waals surface area (Å²) in [5.74, 6) is -0.356. The van der Waals surface area contributed by atoms with Crippen molar-refractivity contribution in [3.63, 3.8) is 0 Å². The van der Waals surface area contributed by atoms with E-state index in [1.807, 2.05) is 0 Å². The van der Waals surface area contributed by atoms with Gasteiger partial charge in [0.1, 0.15) is 5.69 Å². The fourth-order valence-electron chi connectivity index (χ4n) is 1.09. The summed E-state index contributed by atoms with van der Waals surface area (Å²) in [6, 6.07) is 6.63. The predicted molar refractivity (Wildman–Crippen MR) is 48.9 cm³/mol. The lowest BCUT2D eigenvalue weighted by Gasteiger charge is -1.96. The van der Waals surface area contributed by atoms with Crippen molar-refractivity contribution in [3.8, 4) is 11.5 Å². The van der Waals surface area contributed by atoms with Gasteiger partial charge in [0.05, 0.1) is 11.8 Å². The van der Waals surface area contributed by atoms with Crippen molar-refractivity contribution in [1.82, 2.24) is 4.98 Å². The number of hydrogen-bond acceptors (Lipinski definition) is 3. The van der Waals surface area contributed by atoms with Gasteiger partial charge in [0.2, 0.25) is 0 Å². The zero-order chi connectivity index (χ0) is 9.97. The maximum absolute atomic E-state index is 10.5. The molecule has 4 nitrogen and oxygen atoms in total. The van der Waals surface area contributed by atoms with Crippen LogP contribution < -0.4 is 0 Å². The van der Waals surface area contributed by atoms with Crippen LogP contribution in [0.1, 0.15) is 10.4 Å². The Morgan fingerprint density at radius 1 is 1.36 bits per heavy atom. The van der Waals surface area contributed by atoms with Crippen molar-refractivity contribution in [2.45, 2.75) is 0 Å². The van der Waals surface area contributed by atoms with Crippen LogP contribution in [-0.4, -0.2) is 16.1 Å². The normalized spacial score (nSPS) is 10.0. The predicted octanol–water partition coefficient (Wildman–Crippen LogP) is 2.04. The van der Waals surface area contributed by atoms with Gasteiger partial charge in [-0.25, -0.2) is 4.79 Å². The van der Waals surface area contributed by atoms with Crippen molar-refractivity contribution in [1.29, 1.82) is 0 Å². The molecule has 0 saturated carbocycles. The van der Waals surface area contributed by atoms with Crippen LogP contribution >= 0.6 is 0 Å². The van der Waals surface area contributed by atoms with Gasteiger partial charge in [-0.1, -0.05) is 0 Å². The van der Waals surface area contributed by atoms with E-state index < -0.39 is 5.97 Å². The largest absolute Gasteiger partial charge is 0.478 e. The van der Waals surface area contributed by atoms with Gasteiger partial charge in [0.15, 0.2) is 5.76 Å². The monoisotopic (exact) mass is 189 g/mol. The fraction of sp³-hybridized carbons (Fsp3) is 0. The van der Waals surface area contributed by atoms with Crippen LogP contribution in [0.4, 0.5) is 0 Å². The Balaban J connectivity index is 2.36. The first-order valence-electron chi connectivity index (χ1n) is 4.00. The van der Waals surface area contributed by atoms with Gasteiger partial charge in [0, 0.05) is 6.20 Å². The molecule has 2 aromatic rings. The molecule has 0 aromatic carbocycles. The number of carbonyl (C=O) groups is 1. The van der Waals surface area contributed by atoms with Crippen LogP contribution in [0.2, 0.25) is 0 Å². The van der Waals surface area contributed by atoms with Crippen LogP contribution in [-0.2, 0) is 0 Å². The third-order valence-corrected chi connectivity index (χ3v) is 1.78. The molecule has 0 fully saturated rings. The maximum Gasteiger partial charge on any atom is 0.337 e. The minimum Gasteiger partial charge on any atom is -0.478 e. The lowest BCUT2D eigenvalue weighted by atomic mass is 10.2. The second-order valence-electron chi connectivity index (χ2n) is 2.71. The second-order valence-corrected chi connectivity index (χ2v) is 2.71. The Morgan fingerprint density at radius 2 is 2.21 bits per heavy atom. The maximum atomic E-state index is 10.5. The molecule has 70 valence electrons. The standard InChI is InChI=1S/C10H7NO3/c12-10(13)7-3-4-8(11-6-7)9-2-1-5-14-9/h1-6H,(H,12,13). The number of hydrogen-bond donors (Lipinski definition) is 1. The number of pyridine rings is 1. The van der Waals surface area contributed by atoms with E-state index >= 15 is 0 Å². The summed E-state index contributed by atoms with van der Waals surface area (Å²) in [4.78, 5) is 14.5. The van der Waals surface area contributed by atoms with Gasteiger partial charge in [0.25, 0.3) is 0 Å². The highest BCUT2D eigenvalue weighted by molar-refractivity contribution is 5.87. The molecule has 14 heavy (non-hydrogen) atoms. The summed E-state index contributed by atoms with van der Waals surface area (Å²) in [5.41, 5.74) is 0.792. The molecule has 2 heterocycles. The number of aromatic carboxylic acids is 1. The van der Waals surface area contributed by atoms with Gasteiger partial charge in [-0.3, -0.25) is 4.98 Å². The lowest BCUT2D eigenvalue weighted by Crippen LogP contribution is -1.96. The highest BCUT2D eigenvalue weighted by atomic mass is 16.4. The van der Waals surface area contributed by atoms with E-state index in [2.05, 4.69) is 4.98 Å². The van der Waals surface area contributed by atoms with E-state index in [9.17, 15) is 4.79 Å². The Hall–Kier alpha value is -2.10. The fourth-order valence-corrected chi connectivity index (χ4v) is 1.09. The number of carboxylic acids is 1. The Labute approximate surface area is 79.8 Å². The summed E-state index contributed by atoms with van der Waals surface area (Å²) in [5, 5.41) is 8.64. The first kappa shape index (κ1) is 8.50. The van der Waals surface area contributed by atoms with Gasteiger partial charge in [-0.05, 0) is 24.3 Å². The first-order valence-corrected chi connectivity index (χ1v) is 4.00. The summed E-state index contributed by atoms with van der Waals surface area (Å²) < 4.78 is 5.11. The van der Waals surface area contributed by atoms with Crippen molar-refractivity contribution in [3.05, 3.63) is 42.3 Å². The third kappa shape index (κ3) is 1.50. The molecule has 2 aromatic heterocycles. The molecule has 0 bridgehead atoms. The second kappa shape index (κ2) is 3.33. The van der Waals surface area contributed by atoms with Crippen molar-refractivity contribution < 1.29 is 14.3 Å². The van der Waals surface area contributed by atoms with E-state index in [1.165, 1.54) is 12.3 Å². The van der Waals surface area contributed by atoms with Crippen molar-refractivity contribution >= 4 is 5.97 Å².